The fourth-order valence-electron chi connectivity index (χ4n) is 3.19. The predicted octanol–water partition coefficient (Wildman–Crippen LogP) is 2.28. The largest absolute Gasteiger partial charge is 0.493 e. The van der Waals surface area contributed by atoms with Crippen LogP contribution in [0.4, 0.5) is 0 Å². The lowest BCUT2D eigenvalue weighted by atomic mass is 9.95. The van der Waals surface area contributed by atoms with Gasteiger partial charge >= 0.3 is 5.97 Å². The van der Waals surface area contributed by atoms with Crippen LogP contribution in [0, 0.1) is 0 Å². The molecule has 0 saturated carbocycles. The third kappa shape index (κ3) is 3.81. The van der Waals surface area contributed by atoms with Crippen LogP contribution in [0.25, 0.3) is 0 Å². The van der Waals surface area contributed by atoms with Gasteiger partial charge in [-0.2, -0.15) is 0 Å². The molecule has 7 nitrogen and oxygen atoms in total. The van der Waals surface area contributed by atoms with Crippen LogP contribution in [-0.4, -0.2) is 55.8 Å². The number of nitrogens with zero attached hydrogens (tertiary/aromatic N) is 1. The van der Waals surface area contributed by atoms with Gasteiger partial charge in [0.25, 0.3) is 0 Å². The van der Waals surface area contributed by atoms with Crippen molar-refractivity contribution < 1.29 is 28.9 Å². The maximum Gasteiger partial charge on any atom is 0.326 e. The Labute approximate surface area is 147 Å². The molecule has 1 aliphatic heterocycles. The number of carboxylic acid groups (broad SMARTS) is 1. The highest BCUT2D eigenvalue weighted by Crippen LogP contribution is 2.40. The Bertz CT molecular complexity index is 619. The molecule has 0 radical (unpaired) electrons. The zero-order valence-electron chi connectivity index (χ0n) is 15.1. The minimum Gasteiger partial charge on any atom is -0.493 e. The summed E-state index contributed by atoms with van der Waals surface area (Å²) in [6, 6.07) is 2.69. The number of methoxy groups -OCH3 is 3. The van der Waals surface area contributed by atoms with Crippen molar-refractivity contribution in [2.24, 2.45) is 0 Å². The van der Waals surface area contributed by atoms with Crippen molar-refractivity contribution in [3.8, 4) is 17.2 Å². The van der Waals surface area contributed by atoms with E-state index < -0.39 is 17.9 Å². The van der Waals surface area contributed by atoms with Crippen molar-refractivity contribution in [3.63, 3.8) is 0 Å². The number of ether oxygens (including phenoxy) is 3. The quantitative estimate of drug-likeness (QED) is 0.846. The predicted molar refractivity (Wildman–Crippen MR) is 91.5 cm³/mol. The van der Waals surface area contributed by atoms with Crippen LogP contribution >= 0.6 is 0 Å². The molecular weight excluding hydrogens is 326 g/mol. The van der Waals surface area contributed by atoms with E-state index in [4.69, 9.17) is 14.2 Å². The van der Waals surface area contributed by atoms with Gasteiger partial charge in [-0.15, -0.1) is 0 Å². The molecule has 25 heavy (non-hydrogen) atoms. The number of carbonyl (C=O) groups excluding carboxylic acids is 1. The van der Waals surface area contributed by atoms with Crippen molar-refractivity contribution >= 4 is 11.9 Å². The van der Waals surface area contributed by atoms with Gasteiger partial charge in [0.1, 0.15) is 6.04 Å². The smallest absolute Gasteiger partial charge is 0.326 e. The van der Waals surface area contributed by atoms with Gasteiger partial charge in [0, 0.05) is 6.54 Å². The Morgan fingerprint density at radius 1 is 1.12 bits per heavy atom. The molecule has 7 heteroatoms. The number of piperidine rings is 1. The highest BCUT2D eigenvalue weighted by molar-refractivity contribution is 5.88. The summed E-state index contributed by atoms with van der Waals surface area (Å²) >= 11 is 0. The SMILES string of the molecule is COc1cc([C@H](C)C(=O)N2CCCCC2C(=O)O)cc(OC)c1OC. The summed E-state index contributed by atoms with van der Waals surface area (Å²) in [5.74, 6) is -0.301. The first-order valence-electron chi connectivity index (χ1n) is 8.27. The summed E-state index contributed by atoms with van der Waals surface area (Å²) < 4.78 is 16.0. The van der Waals surface area contributed by atoms with E-state index in [0.29, 0.717) is 35.8 Å². The first-order chi connectivity index (χ1) is 11.9. The van der Waals surface area contributed by atoms with E-state index in [1.54, 1.807) is 19.1 Å². The standard InChI is InChI=1S/C18H25NO6/c1-11(17(20)19-8-6-5-7-13(19)18(21)22)12-9-14(23-2)16(25-4)15(10-12)24-3/h9-11,13H,5-8H2,1-4H3,(H,21,22)/t11-,13?/m0/s1. The fourth-order valence-corrected chi connectivity index (χ4v) is 3.19. The maximum absolute atomic E-state index is 12.9. The average molecular weight is 351 g/mol. The van der Waals surface area contributed by atoms with Gasteiger partial charge in [-0.3, -0.25) is 4.79 Å². The number of rotatable bonds is 6. The molecule has 1 saturated heterocycles. The number of carboxylic acids is 1. The zero-order chi connectivity index (χ0) is 18.6. The molecule has 1 fully saturated rings. The first-order valence-corrected chi connectivity index (χ1v) is 8.27. The van der Waals surface area contributed by atoms with Crippen LogP contribution in [-0.2, 0) is 9.59 Å². The molecule has 0 aromatic heterocycles. The summed E-state index contributed by atoms with van der Waals surface area (Å²) in [4.78, 5) is 25.9. The van der Waals surface area contributed by atoms with Crippen molar-refractivity contribution in [2.75, 3.05) is 27.9 Å². The second kappa shape index (κ2) is 8.09. The van der Waals surface area contributed by atoms with Crippen molar-refractivity contribution in [2.45, 2.75) is 38.1 Å². The summed E-state index contributed by atoms with van der Waals surface area (Å²) in [6.45, 7) is 2.22. The average Bonchev–Trinajstić information content (AvgIpc) is 2.65. The number of amides is 1. The van der Waals surface area contributed by atoms with E-state index in [9.17, 15) is 14.7 Å². The molecular formula is C18H25NO6. The Morgan fingerprint density at radius 2 is 1.72 bits per heavy atom. The fraction of sp³-hybridized carbons (Fsp3) is 0.556. The van der Waals surface area contributed by atoms with Gasteiger partial charge in [0.15, 0.2) is 11.5 Å². The topological polar surface area (TPSA) is 85.3 Å². The van der Waals surface area contributed by atoms with Crippen molar-refractivity contribution in [3.05, 3.63) is 17.7 Å². The lowest BCUT2D eigenvalue weighted by Crippen LogP contribution is -2.49. The van der Waals surface area contributed by atoms with Crippen LogP contribution in [0.3, 0.4) is 0 Å². The Hall–Kier alpha value is -2.44. The van der Waals surface area contributed by atoms with Crippen molar-refractivity contribution in [1.29, 1.82) is 0 Å². The number of aliphatic carboxylic acids is 1. The summed E-state index contributed by atoms with van der Waals surface area (Å²) in [5, 5.41) is 9.39. The molecule has 1 aromatic carbocycles. The molecule has 2 atom stereocenters. The van der Waals surface area contributed by atoms with E-state index >= 15 is 0 Å². The Morgan fingerprint density at radius 3 is 2.20 bits per heavy atom. The van der Waals surface area contributed by atoms with Crippen LogP contribution in [0.5, 0.6) is 17.2 Å². The van der Waals surface area contributed by atoms with Gasteiger partial charge in [-0.25, -0.2) is 4.79 Å². The molecule has 138 valence electrons. The second-order valence-corrected chi connectivity index (χ2v) is 6.06. The summed E-state index contributed by atoms with van der Waals surface area (Å²) in [7, 11) is 4.54. The maximum atomic E-state index is 12.9. The Balaban J connectivity index is 2.34. The van der Waals surface area contributed by atoms with Crippen LogP contribution in [0.15, 0.2) is 12.1 Å². The van der Waals surface area contributed by atoms with Gasteiger partial charge in [-0.05, 0) is 43.9 Å². The number of hydrogen-bond donors (Lipinski definition) is 1. The molecule has 2 rings (SSSR count). The van der Waals surface area contributed by atoms with Gasteiger partial charge < -0.3 is 24.2 Å². The molecule has 1 unspecified atom stereocenters. The third-order valence-corrected chi connectivity index (χ3v) is 4.63. The van der Waals surface area contributed by atoms with Gasteiger partial charge in [0.05, 0.1) is 27.2 Å². The van der Waals surface area contributed by atoms with E-state index in [1.165, 1.54) is 26.2 Å². The minimum atomic E-state index is -0.954. The molecule has 1 amide bonds. The molecule has 1 aromatic rings. The molecule has 1 heterocycles. The highest BCUT2D eigenvalue weighted by atomic mass is 16.5. The number of likely N-dealkylation sites (tertiary alicyclic amines) is 1. The third-order valence-electron chi connectivity index (χ3n) is 4.63. The minimum absolute atomic E-state index is 0.207. The molecule has 0 aliphatic carbocycles. The number of carbonyl (C=O) groups is 2. The highest BCUT2D eigenvalue weighted by Gasteiger charge is 2.34. The molecule has 0 bridgehead atoms. The lowest BCUT2D eigenvalue weighted by Gasteiger charge is -2.35. The summed E-state index contributed by atoms with van der Waals surface area (Å²) in [5.41, 5.74) is 0.689. The van der Waals surface area contributed by atoms with Crippen LogP contribution in [0.2, 0.25) is 0 Å². The second-order valence-electron chi connectivity index (χ2n) is 6.06. The van der Waals surface area contributed by atoms with Crippen LogP contribution in [0.1, 0.15) is 37.7 Å². The van der Waals surface area contributed by atoms with E-state index in [-0.39, 0.29) is 5.91 Å². The van der Waals surface area contributed by atoms with E-state index in [1.807, 2.05) is 0 Å². The molecule has 1 N–H and O–H groups in total. The zero-order valence-corrected chi connectivity index (χ0v) is 15.1. The molecule has 1 aliphatic rings. The normalized spacial score (nSPS) is 18.4. The summed E-state index contributed by atoms with van der Waals surface area (Å²) in [6.07, 6.45) is 2.12. The van der Waals surface area contributed by atoms with Gasteiger partial charge in [0.2, 0.25) is 11.7 Å². The number of hydrogen-bond acceptors (Lipinski definition) is 5. The number of benzene rings is 1. The van der Waals surface area contributed by atoms with Gasteiger partial charge in [-0.1, -0.05) is 0 Å². The monoisotopic (exact) mass is 351 g/mol. The lowest BCUT2D eigenvalue weighted by molar-refractivity contribution is -0.152. The van der Waals surface area contributed by atoms with E-state index in [2.05, 4.69) is 0 Å². The van der Waals surface area contributed by atoms with Crippen molar-refractivity contribution in [1.82, 2.24) is 4.90 Å². The van der Waals surface area contributed by atoms with Crippen LogP contribution < -0.4 is 14.2 Å². The Kier molecular flexibility index (Phi) is 6.12. The molecule has 0 spiro atoms. The van der Waals surface area contributed by atoms with E-state index in [0.717, 1.165) is 12.8 Å². The first kappa shape index (κ1) is 18.9.